The van der Waals surface area contributed by atoms with Gasteiger partial charge in [0.25, 0.3) is 5.91 Å². The minimum absolute atomic E-state index is 0.212. The highest BCUT2D eigenvalue weighted by Gasteiger charge is 2.37. The third-order valence-electron chi connectivity index (χ3n) is 3.62. The van der Waals surface area contributed by atoms with Crippen LogP contribution < -0.4 is 10.8 Å². The number of rotatable bonds is 3. The van der Waals surface area contributed by atoms with E-state index < -0.39 is 12.9 Å². The zero-order valence-electron chi connectivity index (χ0n) is 11.7. The molecule has 3 rings (SSSR count). The number of hydrogen-bond acceptors (Lipinski definition) is 3. The lowest BCUT2D eigenvalue weighted by Gasteiger charge is -2.11. The van der Waals surface area contributed by atoms with Crippen LogP contribution in [0.3, 0.4) is 0 Å². The third kappa shape index (κ3) is 2.66. The molecule has 0 spiro atoms. The van der Waals surface area contributed by atoms with Crippen LogP contribution in [0.1, 0.15) is 28.8 Å². The van der Waals surface area contributed by atoms with E-state index in [-0.39, 0.29) is 17.5 Å². The first kappa shape index (κ1) is 13.7. The Morgan fingerprint density at radius 2 is 1.95 bits per heavy atom. The molecule has 0 atom stereocenters. The maximum absolute atomic E-state index is 14.1. The van der Waals surface area contributed by atoms with Gasteiger partial charge in [0.1, 0.15) is 17.3 Å². The molecule has 1 aromatic carbocycles. The molecule has 0 aromatic heterocycles. The second-order valence-electron chi connectivity index (χ2n) is 5.33. The second kappa shape index (κ2) is 4.95. The van der Waals surface area contributed by atoms with Crippen LogP contribution in [0.5, 0.6) is 0 Å². The minimum atomic E-state index is -0.812. The Labute approximate surface area is 122 Å². The van der Waals surface area contributed by atoms with Gasteiger partial charge in [-0.05, 0) is 37.5 Å². The summed E-state index contributed by atoms with van der Waals surface area (Å²) in [5.74, 6) is -0.127. The highest BCUT2D eigenvalue weighted by Crippen LogP contribution is 2.23. The molecule has 1 saturated heterocycles. The number of amides is 1. The van der Waals surface area contributed by atoms with Crippen molar-refractivity contribution in [1.29, 1.82) is 0 Å². The van der Waals surface area contributed by atoms with Crippen molar-refractivity contribution in [3.05, 3.63) is 53.8 Å². The molecular formula is C15H15BFNO3. The summed E-state index contributed by atoms with van der Waals surface area (Å²) in [5, 5.41) is 2.83. The van der Waals surface area contributed by atoms with Crippen molar-refractivity contribution in [3.63, 3.8) is 0 Å². The van der Waals surface area contributed by atoms with E-state index in [1.54, 1.807) is 13.0 Å². The first-order valence-electron chi connectivity index (χ1n) is 6.78. The van der Waals surface area contributed by atoms with Crippen molar-refractivity contribution < 1.29 is 18.5 Å². The van der Waals surface area contributed by atoms with E-state index in [1.165, 1.54) is 6.07 Å². The van der Waals surface area contributed by atoms with Gasteiger partial charge in [0.15, 0.2) is 0 Å². The van der Waals surface area contributed by atoms with E-state index in [0.29, 0.717) is 22.5 Å². The monoisotopic (exact) mass is 287 g/mol. The molecule has 1 N–H and O–H groups in total. The van der Waals surface area contributed by atoms with Crippen molar-refractivity contribution >= 4 is 18.5 Å². The zero-order valence-corrected chi connectivity index (χ0v) is 11.7. The van der Waals surface area contributed by atoms with Crippen LogP contribution in [-0.4, -0.2) is 19.1 Å². The lowest BCUT2D eigenvalue weighted by molar-refractivity contribution is 0.0950. The summed E-state index contributed by atoms with van der Waals surface area (Å²) < 4.78 is 24.9. The predicted octanol–water partition coefficient (Wildman–Crippen LogP) is 1.80. The maximum Gasteiger partial charge on any atom is 0.633 e. The summed E-state index contributed by atoms with van der Waals surface area (Å²) in [6.45, 7) is 8.91. The lowest BCUT2D eigenvalue weighted by Crippen LogP contribution is -2.36. The van der Waals surface area contributed by atoms with Gasteiger partial charge in [0, 0.05) is 17.1 Å². The second-order valence-corrected chi connectivity index (χ2v) is 5.33. The summed E-state index contributed by atoms with van der Waals surface area (Å²) >= 11 is 0. The fourth-order valence-corrected chi connectivity index (χ4v) is 2.11. The van der Waals surface area contributed by atoms with E-state index in [9.17, 15) is 9.18 Å². The van der Waals surface area contributed by atoms with Gasteiger partial charge in [0.2, 0.25) is 0 Å². The Hall–Kier alpha value is -2.24. The van der Waals surface area contributed by atoms with E-state index in [0.717, 1.165) is 12.8 Å². The normalized spacial score (nSPS) is 17.5. The zero-order chi connectivity index (χ0) is 15.1. The summed E-state index contributed by atoms with van der Waals surface area (Å²) in [6.07, 6.45) is 1.95. The van der Waals surface area contributed by atoms with Crippen LogP contribution in [0.15, 0.2) is 36.8 Å². The van der Waals surface area contributed by atoms with Gasteiger partial charge in [-0.25, -0.2) is 4.39 Å². The van der Waals surface area contributed by atoms with Gasteiger partial charge >= 0.3 is 7.12 Å². The van der Waals surface area contributed by atoms with Crippen LogP contribution in [0, 0.1) is 12.7 Å². The van der Waals surface area contributed by atoms with Gasteiger partial charge < -0.3 is 14.6 Å². The maximum atomic E-state index is 14.1. The molecule has 108 valence electrons. The molecule has 2 aliphatic rings. The van der Waals surface area contributed by atoms with Crippen LogP contribution in [-0.2, 0) is 9.31 Å². The highest BCUT2D eigenvalue weighted by atomic mass is 19.1. The first-order chi connectivity index (χ1) is 9.95. The lowest BCUT2D eigenvalue weighted by atomic mass is 9.75. The molecule has 1 aliphatic heterocycles. The summed E-state index contributed by atoms with van der Waals surface area (Å²) in [7, 11) is -0.812. The smallest absolute Gasteiger partial charge is 0.520 e. The Morgan fingerprint density at radius 1 is 1.33 bits per heavy atom. The summed E-state index contributed by atoms with van der Waals surface area (Å²) in [5.41, 5.74) is 1.11. The average molecular weight is 287 g/mol. The number of nitrogens with one attached hydrogen (secondary N) is 1. The number of benzene rings is 1. The summed E-state index contributed by atoms with van der Waals surface area (Å²) in [6, 6.07) is 3.03. The fourth-order valence-electron chi connectivity index (χ4n) is 2.11. The molecule has 4 nitrogen and oxygen atoms in total. The molecule has 1 heterocycles. The minimum Gasteiger partial charge on any atom is -0.520 e. The SMILES string of the molecule is C=C1OB(c2cc(C(=O)NC3CC3)cc(F)c2C)OC1=C. The largest absolute Gasteiger partial charge is 0.633 e. The van der Waals surface area contributed by atoms with E-state index in [4.69, 9.17) is 9.31 Å². The van der Waals surface area contributed by atoms with E-state index in [1.807, 2.05) is 0 Å². The third-order valence-corrected chi connectivity index (χ3v) is 3.62. The Balaban J connectivity index is 1.92. The van der Waals surface area contributed by atoms with Gasteiger partial charge in [-0.15, -0.1) is 0 Å². The van der Waals surface area contributed by atoms with E-state index in [2.05, 4.69) is 18.5 Å². The van der Waals surface area contributed by atoms with Crippen LogP contribution in [0.2, 0.25) is 0 Å². The Morgan fingerprint density at radius 3 is 2.52 bits per heavy atom. The van der Waals surface area contributed by atoms with E-state index >= 15 is 0 Å². The molecule has 0 unspecified atom stereocenters. The summed E-state index contributed by atoms with van der Waals surface area (Å²) in [4.78, 5) is 12.1. The number of hydrogen-bond donors (Lipinski definition) is 1. The van der Waals surface area contributed by atoms with Crippen LogP contribution in [0.4, 0.5) is 4.39 Å². The predicted molar refractivity (Wildman–Crippen MR) is 77.5 cm³/mol. The number of halogens is 1. The molecule has 0 bridgehead atoms. The average Bonchev–Trinajstić information content (AvgIpc) is 3.18. The first-order valence-corrected chi connectivity index (χ1v) is 6.78. The Bertz CT molecular complexity index is 639. The molecule has 6 heteroatoms. The molecule has 21 heavy (non-hydrogen) atoms. The van der Waals surface area contributed by atoms with Crippen molar-refractivity contribution in [1.82, 2.24) is 5.32 Å². The van der Waals surface area contributed by atoms with Gasteiger partial charge in [-0.3, -0.25) is 4.79 Å². The van der Waals surface area contributed by atoms with Crippen LogP contribution >= 0.6 is 0 Å². The fraction of sp³-hybridized carbons (Fsp3) is 0.267. The molecule has 1 amide bonds. The van der Waals surface area contributed by atoms with Gasteiger partial charge in [0.05, 0.1) is 0 Å². The molecule has 1 aromatic rings. The topological polar surface area (TPSA) is 47.6 Å². The molecule has 1 aliphatic carbocycles. The molecule has 0 radical (unpaired) electrons. The number of carbonyl (C=O) groups excluding carboxylic acids is 1. The van der Waals surface area contributed by atoms with Crippen molar-refractivity contribution in [2.24, 2.45) is 0 Å². The molecule has 2 fully saturated rings. The van der Waals surface area contributed by atoms with Crippen molar-refractivity contribution in [3.8, 4) is 0 Å². The van der Waals surface area contributed by atoms with Crippen molar-refractivity contribution in [2.75, 3.05) is 0 Å². The standard InChI is InChI=1S/C15H15BFNO3/c1-8-13(16-20-9(2)10(3)21-16)6-11(7-14(8)17)15(19)18-12-4-5-12/h6-7,12H,2-5H2,1H3,(H,18,19). The van der Waals surface area contributed by atoms with Gasteiger partial charge in [-0.2, -0.15) is 0 Å². The quantitative estimate of drug-likeness (QED) is 0.862. The number of carbonyl (C=O) groups is 1. The Kier molecular flexibility index (Phi) is 3.24. The van der Waals surface area contributed by atoms with Gasteiger partial charge in [-0.1, -0.05) is 13.2 Å². The van der Waals surface area contributed by atoms with Crippen LogP contribution in [0.25, 0.3) is 0 Å². The highest BCUT2D eigenvalue weighted by molar-refractivity contribution is 6.63. The molecule has 1 saturated carbocycles. The van der Waals surface area contributed by atoms with Crippen molar-refractivity contribution in [2.45, 2.75) is 25.8 Å². The molecular weight excluding hydrogens is 272 g/mol.